The molecule has 0 aliphatic heterocycles. The lowest BCUT2D eigenvalue weighted by Gasteiger charge is -2.36. The van der Waals surface area contributed by atoms with Crippen molar-refractivity contribution in [3.8, 4) is 0 Å². The molecule has 0 spiro atoms. The van der Waals surface area contributed by atoms with E-state index >= 15 is 0 Å². The van der Waals surface area contributed by atoms with E-state index < -0.39 is 23.8 Å². The van der Waals surface area contributed by atoms with Crippen LogP contribution in [0.3, 0.4) is 0 Å². The Morgan fingerprint density at radius 2 is 1.28 bits per heavy atom. The summed E-state index contributed by atoms with van der Waals surface area (Å²) in [4.78, 5) is 28.7. The van der Waals surface area contributed by atoms with Gasteiger partial charge in [-0.05, 0) is 40.0 Å². The van der Waals surface area contributed by atoms with Crippen LogP contribution in [0.2, 0.25) is 11.6 Å². The monoisotopic (exact) mass is 450 g/mol. The molecule has 1 unspecified atom stereocenters. The Hall–Kier alpha value is -1.05. The zero-order valence-corrected chi connectivity index (χ0v) is 20.3. The predicted molar refractivity (Wildman–Crippen MR) is 110 cm³/mol. The van der Waals surface area contributed by atoms with E-state index in [1.807, 2.05) is 20.8 Å². The van der Waals surface area contributed by atoms with Gasteiger partial charge in [-0.2, -0.15) is 9.98 Å². The van der Waals surface area contributed by atoms with E-state index in [1.165, 1.54) is 12.2 Å². The zero-order chi connectivity index (χ0) is 22.2. The molecule has 0 saturated carbocycles. The van der Waals surface area contributed by atoms with Gasteiger partial charge < -0.3 is 26.6 Å². The van der Waals surface area contributed by atoms with Gasteiger partial charge in [0, 0.05) is 52.7 Å². The molecule has 0 aromatic carbocycles. The van der Waals surface area contributed by atoms with Gasteiger partial charge in [-0.1, -0.05) is 0 Å². The van der Waals surface area contributed by atoms with Gasteiger partial charge in [-0.25, -0.2) is 9.59 Å². The molecule has 0 heterocycles. The normalized spacial score (nSPS) is 14.0. The van der Waals surface area contributed by atoms with Crippen molar-refractivity contribution < 1.29 is 36.1 Å². The highest BCUT2D eigenvalue weighted by Crippen LogP contribution is 2.37. The quantitative estimate of drug-likeness (QED) is 0.178. The number of hydrogen-bond donors (Lipinski definition) is 0. The fourth-order valence-corrected chi connectivity index (χ4v) is 8.12. The summed E-state index contributed by atoms with van der Waals surface area (Å²) < 4.78 is 34.5. The molecule has 29 heavy (non-hydrogen) atoms. The molecule has 0 amide bonds. The van der Waals surface area contributed by atoms with Crippen LogP contribution in [-0.4, -0.2) is 77.1 Å². The average Bonchev–Trinajstić information content (AvgIpc) is 2.71. The molecular weight excluding hydrogens is 416 g/mol. The fraction of sp³-hybridized carbons (Fsp3) is 0.882. The summed E-state index contributed by atoms with van der Waals surface area (Å²) in [6.07, 6.45) is 3.48. The average molecular weight is 451 g/mol. The SMILES string of the molecule is CCO[Si](OCC)(OCC)C(CCC[Si](OC)(OC)OC)CC(N=C=O)N=C=O. The van der Waals surface area contributed by atoms with Gasteiger partial charge in [0.25, 0.3) is 0 Å². The Morgan fingerprint density at radius 1 is 0.828 bits per heavy atom. The first kappa shape index (κ1) is 28.0. The highest BCUT2D eigenvalue weighted by atomic mass is 28.4. The summed E-state index contributed by atoms with van der Waals surface area (Å²) in [6.45, 7) is 6.77. The van der Waals surface area contributed by atoms with Gasteiger partial charge in [0.15, 0.2) is 6.17 Å². The number of aliphatic imine (C=N–C) groups is 2. The molecule has 0 aliphatic rings. The van der Waals surface area contributed by atoms with Crippen molar-refractivity contribution in [2.24, 2.45) is 9.98 Å². The van der Waals surface area contributed by atoms with Crippen molar-refractivity contribution in [3.05, 3.63) is 0 Å². The Morgan fingerprint density at radius 3 is 1.62 bits per heavy atom. The van der Waals surface area contributed by atoms with Gasteiger partial charge in [0.1, 0.15) is 0 Å². The van der Waals surface area contributed by atoms with Gasteiger partial charge >= 0.3 is 17.6 Å². The minimum Gasteiger partial charge on any atom is -0.377 e. The summed E-state index contributed by atoms with van der Waals surface area (Å²) >= 11 is 0. The summed E-state index contributed by atoms with van der Waals surface area (Å²) in [7, 11) is -1.23. The van der Waals surface area contributed by atoms with Crippen molar-refractivity contribution in [1.29, 1.82) is 0 Å². The van der Waals surface area contributed by atoms with E-state index in [4.69, 9.17) is 26.6 Å². The second-order valence-electron chi connectivity index (χ2n) is 5.94. The molecule has 0 rings (SSSR count). The summed E-state index contributed by atoms with van der Waals surface area (Å²) in [5, 5.41) is 0. The zero-order valence-electron chi connectivity index (χ0n) is 18.3. The van der Waals surface area contributed by atoms with Crippen molar-refractivity contribution in [3.63, 3.8) is 0 Å². The van der Waals surface area contributed by atoms with Crippen LogP contribution in [0.5, 0.6) is 0 Å². The number of isocyanates is 2. The second kappa shape index (κ2) is 15.7. The van der Waals surface area contributed by atoms with E-state index in [2.05, 4.69) is 9.98 Å². The van der Waals surface area contributed by atoms with Crippen LogP contribution in [0.1, 0.15) is 40.0 Å². The third-order valence-electron chi connectivity index (χ3n) is 4.40. The largest absolute Gasteiger partial charge is 0.504 e. The molecule has 0 radical (unpaired) electrons. The highest BCUT2D eigenvalue weighted by molar-refractivity contribution is 6.62. The van der Waals surface area contributed by atoms with Crippen LogP contribution in [0.15, 0.2) is 9.98 Å². The first-order valence-corrected chi connectivity index (χ1v) is 13.4. The van der Waals surface area contributed by atoms with Crippen LogP contribution in [-0.2, 0) is 36.1 Å². The first-order valence-electron chi connectivity index (χ1n) is 9.68. The van der Waals surface area contributed by atoms with Crippen LogP contribution in [0.4, 0.5) is 0 Å². The maximum absolute atomic E-state index is 10.8. The maximum Gasteiger partial charge on any atom is 0.504 e. The van der Waals surface area contributed by atoms with Gasteiger partial charge in [0.05, 0.1) is 0 Å². The molecular formula is C17H34N2O8Si2. The summed E-state index contributed by atoms with van der Waals surface area (Å²) in [5.74, 6) is 0. The molecule has 12 heteroatoms. The van der Waals surface area contributed by atoms with Crippen molar-refractivity contribution in [2.45, 2.75) is 57.8 Å². The lowest BCUT2D eigenvalue weighted by atomic mass is 10.1. The maximum atomic E-state index is 10.8. The molecule has 0 aromatic heterocycles. The van der Waals surface area contributed by atoms with E-state index in [0.717, 1.165) is 0 Å². The topological polar surface area (TPSA) is 114 Å². The Labute approximate surface area is 175 Å². The third kappa shape index (κ3) is 9.10. The lowest BCUT2D eigenvalue weighted by molar-refractivity contribution is 0.0573. The standard InChI is InChI=1S/C17H34N2O8Si2/c1-7-25-29(26-8-2,27-9-3)16(13-17(18-14-20)19-15-21)11-10-12-28(22-4,23-5)24-6/h16-17H,7-13H2,1-6H3. The number of carbonyl (C=O) groups excluding carboxylic acids is 2. The molecule has 0 aromatic rings. The third-order valence-corrected chi connectivity index (χ3v) is 10.8. The Kier molecular flexibility index (Phi) is 15.2. The van der Waals surface area contributed by atoms with E-state index in [0.29, 0.717) is 38.7 Å². The Balaban J connectivity index is 5.75. The van der Waals surface area contributed by atoms with Gasteiger partial charge in [-0.15, -0.1) is 0 Å². The van der Waals surface area contributed by atoms with E-state index in [9.17, 15) is 9.59 Å². The summed E-state index contributed by atoms with van der Waals surface area (Å²) in [6, 6.07) is 0.570. The minimum absolute atomic E-state index is 0.234. The van der Waals surface area contributed by atoms with Crippen LogP contribution in [0, 0.1) is 0 Å². The molecule has 0 saturated heterocycles. The molecule has 0 aliphatic carbocycles. The lowest BCUT2D eigenvalue weighted by Crippen LogP contribution is -2.51. The first-order chi connectivity index (χ1) is 14.0. The number of rotatable bonds is 18. The van der Waals surface area contributed by atoms with E-state index in [-0.39, 0.29) is 12.0 Å². The van der Waals surface area contributed by atoms with Crippen LogP contribution < -0.4 is 0 Å². The molecule has 0 bridgehead atoms. The summed E-state index contributed by atoms with van der Waals surface area (Å²) in [5.41, 5.74) is -0.265. The number of nitrogens with zero attached hydrogens (tertiary/aromatic N) is 2. The van der Waals surface area contributed by atoms with Crippen molar-refractivity contribution >= 4 is 29.8 Å². The molecule has 168 valence electrons. The molecule has 1 atom stereocenters. The van der Waals surface area contributed by atoms with Crippen molar-refractivity contribution in [1.82, 2.24) is 0 Å². The molecule has 0 N–H and O–H groups in total. The van der Waals surface area contributed by atoms with Gasteiger partial charge in [-0.3, -0.25) is 0 Å². The highest BCUT2D eigenvalue weighted by Gasteiger charge is 2.50. The van der Waals surface area contributed by atoms with E-state index in [1.54, 1.807) is 21.3 Å². The molecule has 10 nitrogen and oxygen atoms in total. The second-order valence-corrected chi connectivity index (χ2v) is 11.9. The van der Waals surface area contributed by atoms with Crippen LogP contribution in [0.25, 0.3) is 0 Å². The molecule has 0 fully saturated rings. The predicted octanol–water partition coefficient (Wildman–Crippen LogP) is 2.45. The van der Waals surface area contributed by atoms with Crippen LogP contribution >= 0.6 is 0 Å². The number of hydrogen-bond acceptors (Lipinski definition) is 10. The smallest absolute Gasteiger partial charge is 0.377 e. The van der Waals surface area contributed by atoms with Gasteiger partial charge in [0.2, 0.25) is 12.2 Å². The fourth-order valence-electron chi connectivity index (χ4n) is 3.15. The minimum atomic E-state index is -3.16. The van der Waals surface area contributed by atoms with Crippen molar-refractivity contribution in [2.75, 3.05) is 41.2 Å². The Bertz CT molecular complexity index is 494.